The Bertz CT molecular complexity index is 515. The average molecular weight is 257 g/mol. The Labute approximate surface area is 101 Å². The third-order valence-corrected chi connectivity index (χ3v) is 4.11. The van der Waals surface area contributed by atoms with Gasteiger partial charge in [0.05, 0.1) is 18.3 Å². The number of nitriles is 1. The Morgan fingerprint density at radius 3 is 2.71 bits per heavy atom. The summed E-state index contributed by atoms with van der Waals surface area (Å²) in [6, 6.07) is 1.17. The summed E-state index contributed by atoms with van der Waals surface area (Å²) in [4.78, 5) is 3.93. The van der Waals surface area contributed by atoms with Crippen molar-refractivity contribution in [3.8, 4) is 6.07 Å². The number of hydrogen-bond donors (Lipinski definition) is 1. The predicted molar refractivity (Wildman–Crippen MR) is 61.4 cm³/mol. The third-order valence-electron chi connectivity index (χ3n) is 2.24. The van der Waals surface area contributed by atoms with Crippen LogP contribution in [0.3, 0.4) is 0 Å². The van der Waals surface area contributed by atoms with Gasteiger partial charge >= 0.3 is 0 Å². The number of nitrogens with one attached hydrogen (secondary N) is 1. The van der Waals surface area contributed by atoms with Gasteiger partial charge in [-0.15, -0.1) is 0 Å². The van der Waals surface area contributed by atoms with Crippen molar-refractivity contribution in [2.24, 2.45) is 0 Å². The van der Waals surface area contributed by atoms with Gasteiger partial charge in [-0.3, -0.25) is 0 Å². The van der Waals surface area contributed by atoms with Gasteiger partial charge in [0.2, 0.25) is 15.9 Å². The highest BCUT2D eigenvalue weighted by Gasteiger charge is 2.27. The Hall–Kier alpha value is -1.39. The van der Waals surface area contributed by atoms with Crippen molar-refractivity contribution in [3.63, 3.8) is 0 Å². The second-order valence-corrected chi connectivity index (χ2v) is 5.61. The summed E-state index contributed by atoms with van der Waals surface area (Å²) < 4.78 is 31.2. The van der Waals surface area contributed by atoms with Gasteiger partial charge in [0.1, 0.15) is 5.76 Å². The lowest BCUT2D eigenvalue weighted by molar-refractivity contribution is 0.427. The smallest absolute Gasteiger partial charge is 0.228 e. The number of nitrogens with zero attached hydrogens (tertiary/aromatic N) is 2. The SMILES string of the molecule is CCC(C#N)S(=O)(=O)NC(C)c1ncc(C)o1. The largest absolute Gasteiger partial charge is 0.444 e. The van der Waals surface area contributed by atoms with Gasteiger partial charge in [0.25, 0.3) is 0 Å². The van der Waals surface area contributed by atoms with E-state index in [1.807, 2.05) is 0 Å². The Morgan fingerprint density at radius 1 is 1.65 bits per heavy atom. The van der Waals surface area contributed by atoms with Crippen LogP contribution in [0.1, 0.15) is 38.0 Å². The molecule has 2 atom stereocenters. The zero-order valence-electron chi connectivity index (χ0n) is 9.97. The lowest BCUT2D eigenvalue weighted by Crippen LogP contribution is -2.35. The number of oxazole rings is 1. The van der Waals surface area contributed by atoms with Crippen molar-refractivity contribution in [2.75, 3.05) is 0 Å². The van der Waals surface area contributed by atoms with E-state index in [1.165, 1.54) is 6.20 Å². The highest BCUT2D eigenvalue weighted by atomic mass is 32.2. The first kappa shape index (κ1) is 13.7. The van der Waals surface area contributed by atoms with Gasteiger partial charge in [0, 0.05) is 0 Å². The number of aryl methyl sites for hydroxylation is 1. The zero-order chi connectivity index (χ0) is 13.1. The summed E-state index contributed by atoms with van der Waals surface area (Å²) in [6.45, 7) is 4.99. The molecular formula is C10H15N3O3S. The minimum atomic E-state index is -3.67. The highest BCUT2D eigenvalue weighted by Crippen LogP contribution is 2.15. The molecule has 6 nitrogen and oxygen atoms in total. The molecule has 94 valence electrons. The van der Waals surface area contributed by atoms with Crippen molar-refractivity contribution < 1.29 is 12.8 Å². The lowest BCUT2D eigenvalue weighted by atomic mass is 10.4. The van der Waals surface area contributed by atoms with E-state index in [9.17, 15) is 8.42 Å². The van der Waals surface area contributed by atoms with E-state index in [1.54, 1.807) is 26.8 Å². The predicted octanol–water partition coefficient (Wildman–Crippen LogP) is 1.27. The molecule has 0 aliphatic carbocycles. The molecular weight excluding hydrogens is 242 g/mol. The second-order valence-electron chi connectivity index (χ2n) is 3.72. The fourth-order valence-electron chi connectivity index (χ4n) is 1.33. The van der Waals surface area contributed by atoms with Crippen molar-refractivity contribution in [1.82, 2.24) is 9.71 Å². The van der Waals surface area contributed by atoms with Crippen molar-refractivity contribution in [1.29, 1.82) is 5.26 Å². The van der Waals surface area contributed by atoms with E-state index in [0.717, 1.165) is 0 Å². The van der Waals surface area contributed by atoms with Gasteiger partial charge in [-0.1, -0.05) is 6.92 Å². The zero-order valence-corrected chi connectivity index (χ0v) is 10.8. The summed E-state index contributed by atoms with van der Waals surface area (Å²) in [5.41, 5.74) is 0. The Morgan fingerprint density at radius 2 is 2.29 bits per heavy atom. The molecule has 0 saturated heterocycles. The number of sulfonamides is 1. The molecule has 2 unspecified atom stereocenters. The highest BCUT2D eigenvalue weighted by molar-refractivity contribution is 7.90. The molecule has 0 aliphatic heterocycles. The van der Waals surface area contributed by atoms with Crippen molar-refractivity contribution in [3.05, 3.63) is 17.8 Å². The molecule has 0 aliphatic rings. The molecule has 0 saturated carbocycles. The molecule has 1 aromatic heterocycles. The molecule has 0 fully saturated rings. The Balaban J connectivity index is 2.82. The van der Waals surface area contributed by atoms with Gasteiger partial charge < -0.3 is 4.42 Å². The van der Waals surface area contributed by atoms with Crippen molar-refractivity contribution in [2.45, 2.75) is 38.5 Å². The first-order valence-corrected chi connectivity index (χ1v) is 6.78. The molecule has 0 aromatic carbocycles. The second kappa shape index (κ2) is 5.29. The maximum Gasteiger partial charge on any atom is 0.228 e. The maximum absolute atomic E-state index is 11.8. The van der Waals surface area contributed by atoms with Crippen LogP contribution in [-0.4, -0.2) is 18.7 Å². The van der Waals surface area contributed by atoms with Crippen molar-refractivity contribution >= 4 is 10.0 Å². The third kappa shape index (κ3) is 3.28. The van der Waals surface area contributed by atoms with Crippen LogP contribution in [0.5, 0.6) is 0 Å². The lowest BCUT2D eigenvalue weighted by Gasteiger charge is -2.13. The maximum atomic E-state index is 11.8. The summed E-state index contributed by atoms with van der Waals surface area (Å²) in [7, 11) is -3.67. The molecule has 1 heterocycles. The summed E-state index contributed by atoms with van der Waals surface area (Å²) in [6.07, 6.45) is 1.75. The van der Waals surface area contributed by atoms with E-state index in [4.69, 9.17) is 9.68 Å². The van der Waals surface area contributed by atoms with Gasteiger partial charge in [-0.2, -0.15) is 5.26 Å². The van der Waals surface area contributed by atoms with Crippen LogP contribution >= 0.6 is 0 Å². The number of aromatic nitrogens is 1. The monoisotopic (exact) mass is 257 g/mol. The van der Waals surface area contributed by atoms with Gasteiger partial charge in [0.15, 0.2) is 5.25 Å². The average Bonchev–Trinajstić information content (AvgIpc) is 2.65. The standard InChI is InChI=1S/C10H15N3O3S/c1-4-9(5-11)17(14,15)13-8(3)10-12-6-7(2)16-10/h6,8-9,13H,4H2,1-3H3. The molecule has 0 bridgehead atoms. The van der Waals surface area contributed by atoms with Crippen LogP contribution in [0.15, 0.2) is 10.6 Å². The fourth-order valence-corrected chi connectivity index (χ4v) is 2.67. The van der Waals surface area contributed by atoms with Crippen LogP contribution in [0.2, 0.25) is 0 Å². The molecule has 7 heteroatoms. The number of hydrogen-bond acceptors (Lipinski definition) is 5. The van der Waals surface area contributed by atoms with Gasteiger partial charge in [-0.05, 0) is 20.3 Å². The summed E-state index contributed by atoms with van der Waals surface area (Å²) in [5.74, 6) is 0.900. The molecule has 1 rings (SSSR count). The van der Waals surface area contributed by atoms with Crippen LogP contribution in [0.25, 0.3) is 0 Å². The molecule has 0 spiro atoms. The summed E-state index contributed by atoms with van der Waals surface area (Å²) >= 11 is 0. The van der Waals surface area contributed by atoms with Crippen LogP contribution in [0.4, 0.5) is 0 Å². The van der Waals surface area contributed by atoms with Crippen LogP contribution < -0.4 is 4.72 Å². The summed E-state index contributed by atoms with van der Waals surface area (Å²) in [5, 5.41) is 7.69. The quantitative estimate of drug-likeness (QED) is 0.856. The molecule has 0 amide bonds. The van der Waals surface area contributed by atoms with E-state index in [0.29, 0.717) is 11.7 Å². The normalized spacial score (nSPS) is 15.2. The fraction of sp³-hybridized carbons (Fsp3) is 0.600. The minimum absolute atomic E-state index is 0.239. The Kier molecular flexibility index (Phi) is 4.26. The van der Waals surface area contributed by atoms with E-state index in [2.05, 4.69) is 9.71 Å². The van der Waals surface area contributed by atoms with Gasteiger partial charge in [-0.25, -0.2) is 18.1 Å². The molecule has 17 heavy (non-hydrogen) atoms. The molecule has 1 N–H and O–H groups in total. The van der Waals surface area contributed by atoms with Crippen LogP contribution in [-0.2, 0) is 10.0 Å². The van der Waals surface area contributed by atoms with Crippen LogP contribution in [0, 0.1) is 18.3 Å². The molecule has 1 aromatic rings. The first-order valence-electron chi connectivity index (χ1n) is 5.23. The minimum Gasteiger partial charge on any atom is -0.444 e. The van der Waals surface area contributed by atoms with E-state index < -0.39 is 21.3 Å². The first-order chi connectivity index (χ1) is 7.90. The van der Waals surface area contributed by atoms with E-state index in [-0.39, 0.29) is 6.42 Å². The topological polar surface area (TPSA) is 96.0 Å². The molecule has 0 radical (unpaired) electrons. The van der Waals surface area contributed by atoms with E-state index >= 15 is 0 Å². The number of rotatable bonds is 5.